The van der Waals surface area contributed by atoms with E-state index in [1.807, 2.05) is 0 Å². The third-order valence-electron chi connectivity index (χ3n) is 4.06. The van der Waals surface area contributed by atoms with Gasteiger partial charge in [-0.1, -0.05) is 13.0 Å². The second-order valence-electron chi connectivity index (χ2n) is 6.40. The van der Waals surface area contributed by atoms with Gasteiger partial charge in [0.25, 0.3) is 5.69 Å². The molecule has 1 unspecified atom stereocenters. The Balaban J connectivity index is 2.07. The first-order valence-electron chi connectivity index (χ1n) is 8.95. The molecule has 10 heteroatoms. The van der Waals surface area contributed by atoms with Gasteiger partial charge >= 0.3 is 0 Å². The van der Waals surface area contributed by atoms with Gasteiger partial charge in [-0.05, 0) is 50.1 Å². The number of nitro groups is 1. The number of amides is 1. The second kappa shape index (κ2) is 9.75. The number of carbonyl (C=O) groups excluding carboxylic acids is 1. The van der Waals surface area contributed by atoms with Crippen LogP contribution in [0.5, 0.6) is 0 Å². The molecule has 0 saturated heterocycles. The summed E-state index contributed by atoms with van der Waals surface area (Å²) < 4.78 is 26.6. The van der Waals surface area contributed by atoms with Crippen LogP contribution in [0.15, 0.2) is 47.4 Å². The Morgan fingerprint density at radius 3 is 2.38 bits per heavy atom. The summed E-state index contributed by atoms with van der Waals surface area (Å²) in [6.45, 7) is 5.24. The number of nitro benzene ring substituents is 1. The van der Waals surface area contributed by atoms with Crippen molar-refractivity contribution in [1.82, 2.24) is 0 Å². The molecule has 0 aliphatic rings. The number of hydrogen-bond donors (Lipinski definition) is 2. The van der Waals surface area contributed by atoms with Crippen LogP contribution in [0, 0.1) is 17.0 Å². The maximum atomic E-state index is 12.6. The first-order chi connectivity index (χ1) is 13.6. The van der Waals surface area contributed by atoms with E-state index in [0.717, 1.165) is 4.90 Å². The largest absolute Gasteiger partial charge is 0.325 e. The minimum absolute atomic E-state index is 0.00980. The van der Waals surface area contributed by atoms with Crippen molar-refractivity contribution in [1.29, 1.82) is 0 Å². The molecule has 0 heterocycles. The maximum absolute atomic E-state index is 12.6. The van der Waals surface area contributed by atoms with Crippen LogP contribution in [-0.4, -0.2) is 30.3 Å². The van der Waals surface area contributed by atoms with Crippen molar-refractivity contribution in [2.24, 2.45) is 0 Å². The third-order valence-corrected chi connectivity index (χ3v) is 6.65. The van der Waals surface area contributed by atoms with Crippen LogP contribution in [0.3, 0.4) is 0 Å². The highest BCUT2D eigenvalue weighted by Crippen LogP contribution is 2.28. The van der Waals surface area contributed by atoms with E-state index in [9.17, 15) is 23.3 Å². The van der Waals surface area contributed by atoms with Crippen LogP contribution >= 0.6 is 11.8 Å². The molecule has 0 spiro atoms. The molecular formula is C19H23N3O5S2. The lowest BCUT2D eigenvalue weighted by molar-refractivity contribution is -0.384. The van der Waals surface area contributed by atoms with Gasteiger partial charge in [-0.15, -0.1) is 11.8 Å². The fourth-order valence-corrected chi connectivity index (χ4v) is 4.57. The zero-order valence-electron chi connectivity index (χ0n) is 16.3. The summed E-state index contributed by atoms with van der Waals surface area (Å²) in [6, 6.07) is 11.0. The van der Waals surface area contributed by atoms with E-state index < -0.39 is 20.2 Å². The molecule has 0 radical (unpaired) electrons. The van der Waals surface area contributed by atoms with E-state index in [0.29, 0.717) is 23.4 Å². The Labute approximate surface area is 174 Å². The highest BCUT2D eigenvalue weighted by atomic mass is 32.2. The normalized spacial score (nSPS) is 12.2. The van der Waals surface area contributed by atoms with E-state index >= 15 is 0 Å². The zero-order valence-corrected chi connectivity index (χ0v) is 18.0. The number of anilines is 2. The number of non-ortho nitro benzene ring substituents is 1. The lowest BCUT2D eigenvalue weighted by Crippen LogP contribution is -2.23. The van der Waals surface area contributed by atoms with Gasteiger partial charge in [-0.25, -0.2) is 8.42 Å². The molecule has 0 saturated carbocycles. The Morgan fingerprint density at radius 2 is 1.79 bits per heavy atom. The number of hydrogen-bond acceptors (Lipinski definition) is 6. The Morgan fingerprint density at radius 1 is 1.17 bits per heavy atom. The zero-order chi connectivity index (χ0) is 21.6. The molecule has 1 atom stereocenters. The number of nitrogens with zero attached hydrogens (tertiary/aromatic N) is 1. The molecule has 0 aliphatic heterocycles. The van der Waals surface area contributed by atoms with Crippen molar-refractivity contribution in [2.45, 2.75) is 37.3 Å². The lowest BCUT2D eigenvalue weighted by atomic mass is 10.1. The van der Waals surface area contributed by atoms with E-state index in [-0.39, 0.29) is 17.3 Å². The summed E-state index contributed by atoms with van der Waals surface area (Å²) >= 11 is 1.27. The average molecular weight is 438 g/mol. The number of benzene rings is 2. The van der Waals surface area contributed by atoms with Gasteiger partial charge in [0.1, 0.15) is 0 Å². The van der Waals surface area contributed by atoms with Gasteiger partial charge in [0.15, 0.2) is 0 Å². The van der Waals surface area contributed by atoms with Gasteiger partial charge in [0.05, 0.1) is 21.6 Å². The summed E-state index contributed by atoms with van der Waals surface area (Å²) in [5.41, 5.74) is 1.55. The summed E-state index contributed by atoms with van der Waals surface area (Å²) in [4.78, 5) is 23.5. The van der Waals surface area contributed by atoms with E-state index in [2.05, 4.69) is 10.0 Å². The van der Waals surface area contributed by atoms with E-state index in [1.165, 1.54) is 23.9 Å². The van der Waals surface area contributed by atoms with Gasteiger partial charge in [-0.2, -0.15) is 0 Å². The fourth-order valence-electron chi connectivity index (χ4n) is 2.51. The summed E-state index contributed by atoms with van der Waals surface area (Å²) in [7, 11) is -3.43. The van der Waals surface area contributed by atoms with Crippen molar-refractivity contribution >= 4 is 44.8 Å². The van der Waals surface area contributed by atoms with Gasteiger partial charge < -0.3 is 5.32 Å². The third kappa shape index (κ3) is 6.47. The minimum Gasteiger partial charge on any atom is -0.325 e. The van der Waals surface area contributed by atoms with Crippen molar-refractivity contribution in [3.63, 3.8) is 0 Å². The van der Waals surface area contributed by atoms with Crippen LogP contribution in [0.2, 0.25) is 0 Å². The van der Waals surface area contributed by atoms with Crippen LogP contribution in [0.25, 0.3) is 0 Å². The summed E-state index contributed by atoms with van der Waals surface area (Å²) in [5.74, 6) is -0.239. The summed E-state index contributed by atoms with van der Waals surface area (Å²) in [5, 5.41) is 13.1. The standard InChI is InChI=1S/C19H23N3O5S2/c1-4-12-29(26,27)21-18-7-5-6-17(13(18)2)20-19(23)14(3)28-16-10-8-15(9-11-16)22(24)25/h5-11,14,21H,4,12H2,1-3H3,(H,20,23). The smallest absolute Gasteiger partial charge is 0.269 e. The Hall–Kier alpha value is -2.59. The summed E-state index contributed by atoms with van der Waals surface area (Å²) in [6.07, 6.45) is 0.502. The van der Waals surface area contributed by atoms with Crippen LogP contribution < -0.4 is 10.0 Å². The highest BCUT2D eigenvalue weighted by Gasteiger charge is 2.18. The molecule has 29 heavy (non-hydrogen) atoms. The van der Waals surface area contributed by atoms with Crippen LogP contribution in [0.1, 0.15) is 25.8 Å². The molecule has 2 N–H and O–H groups in total. The molecular weight excluding hydrogens is 414 g/mol. The Bertz CT molecular complexity index is 991. The van der Waals surface area contributed by atoms with Gasteiger partial charge in [0.2, 0.25) is 15.9 Å². The van der Waals surface area contributed by atoms with Crippen LogP contribution in [0.4, 0.5) is 17.1 Å². The van der Waals surface area contributed by atoms with Gasteiger partial charge in [0, 0.05) is 22.7 Å². The van der Waals surface area contributed by atoms with Crippen molar-refractivity contribution in [2.75, 3.05) is 15.8 Å². The molecule has 2 rings (SSSR count). The quantitative estimate of drug-likeness (QED) is 0.345. The monoisotopic (exact) mass is 437 g/mol. The molecule has 2 aromatic rings. The molecule has 0 bridgehead atoms. The predicted octanol–water partition coefficient (Wildman–Crippen LogP) is 4.17. The topological polar surface area (TPSA) is 118 Å². The fraction of sp³-hybridized carbons (Fsp3) is 0.316. The number of rotatable bonds is 9. The lowest BCUT2D eigenvalue weighted by Gasteiger charge is -2.16. The minimum atomic E-state index is -3.43. The van der Waals surface area contributed by atoms with Crippen molar-refractivity contribution in [3.8, 4) is 0 Å². The molecule has 156 valence electrons. The molecule has 1 amide bonds. The number of sulfonamides is 1. The second-order valence-corrected chi connectivity index (χ2v) is 9.66. The molecule has 0 aromatic heterocycles. The van der Waals surface area contributed by atoms with Crippen LogP contribution in [-0.2, 0) is 14.8 Å². The van der Waals surface area contributed by atoms with E-state index in [4.69, 9.17) is 0 Å². The Kier molecular flexibility index (Phi) is 7.63. The average Bonchev–Trinajstić information content (AvgIpc) is 2.65. The van der Waals surface area contributed by atoms with Gasteiger partial charge in [-0.3, -0.25) is 19.6 Å². The first kappa shape index (κ1) is 22.7. The first-order valence-corrected chi connectivity index (χ1v) is 11.5. The predicted molar refractivity (Wildman–Crippen MR) is 116 cm³/mol. The number of carbonyl (C=O) groups is 1. The molecule has 0 fully saturated rings. The number of nitrogens with one attached hydrogen (secondary N) is 2. The molecule has 8 nitrogen and oxygen atoms in total. The van der Waals surface area contributed by atoms with Crippen molar-refractivity contribution in [3.05, 3.63) is 58.1 Å². The maximum Gasteiger partial charge on any atom is 0.269 e. The number of thioether (sulfide) groups is 1. The van der Waals surface area contributed by atoms with Crippen molar-refractivity contribution < 1.29 is 18.1 Å². The molecule has 0 aliphatic carbocycles. The molecule has 2 aromatic carbocycles. The van der Waals surface area contributed by atoms with E-state index in [1.54, 1.807) is 51.1 Å². The SMILES string of the molecule is CCCS(=O)(=O)Nc1cccc(NC(=O)C(C)Sc2ccc([N+](=O)[O-])cc2)c1C. The highest BCUT2D eigenvalue weighted by molar-refractivity contribution is 8.00.